The van der Waals surface area contributed by atoms with Gasteiger partial charge in [-0.05, 0) is 61.7 Å². The van der Waals surface area contributed by atoms with Gasteiger partial charge >= 0.3 is 0 Å². The number of aliphatic imine (C=N–C) groups is 1. The highest BCUT2D eigenvalue weighted by atomic mass is 19.1. The number of ketones is 1. The minimum Gasteiger partial charge on any atom is -0.457 e. The Kier molecular flexibility index (Phi) is 6.46. The number of nitrogens with zero attached hydrogens (tertiary/aromatic N) is 1. The van der Waals surface area contributed by atoms with E-state index in [4.69, 9.17) is 4.74 Å². The van der Waals surface area contributed by atoms with E-state index in [2.05, 4.69) is 10.3 Å². The Hall–Kier alpha value is -4.13. The predicted molar refractivity (Wildman–Crippen MR) is 133 cm³/mol. The lowest BCUT2D eigenvalue weighted by Gasteiger charge is -2.35. The van der Waals surface area contributed by atoms with Gasteiger partial charge in [-0.2, -0.15) is 0 Å². The van der Waals surface area contributed by atoms with Crippen molar-refractivity contribution in [3.05, 3.63) is 101 Å². The van der Waals surface area contributed by atoms with Gasteiger partial charge in [0.1, 0.15) is 28.8 Å². The lowest BCUT2D eigenvalue weighted by molar-refractivity contribution is -0.119. The summed E-state index contributed by atoms with van der Waals surface area (Å²) in [6.45, 7) is 1.71. The molecule has 2 atom stereocenters. The highest BCUT2D eigenvalue weighted by Crippen LogP contribution is 2.44. The second-order valence-electron chi connectivity index (χ2n) is 8.92. The maximum atomic E-state index is 14.3. The van der Waals surface area contributed by atoms with E-state index < -0.39 is 35.1 Å². The fraction of sp³-hybridized carbons (Fsp3) is 0.207. The number of carbonyl (C=O) groups excluding carboxylic acids is 2. The topological polar surface area (TPSA) is 67.8 Å². The van der Waals surface area contributed by atoms with Crippen LogP contribution in [0.2, 0.25) is 0 Å². The van der Waals surface area contributed by atoms with Gasteiger partial charge in [0.25, 0.3) is 0 Å². The number of hydrogen-bond donors (Lipinski definition) is 1. The summed E-state index contributed by atoms with van der Waals surface area (Å²) in [5, 5.41) is 2.41. The maximum absolute atomic E-state index is 14.3. The number of para-hydroxylation sites is 2. The molecule has 0 radical (unpaired) electrons. The van der Waals surface area contributed by atoms with Crippen molar-refractivity contribution in [1.29, 1.82) is 0 Å². The van der Waals surface area contributed by atoms with Crippen LogP contribution < -0.4 is 10.1 Å². The fourth-order valence-corrected chi connectivity index (χ4v) is 4.92. The molecule has 3 aromatic rings. The Morgan fingerprint density at radius 3 is 2.39 bits per heavy atom. The van der Waals surface area contributed by atoms with E-state index in [-0.39, 0.29) is 5.78 Å². The van der Waals surface area contributed by atoms with Gasteiger partial charge in [0.2, 0.25) is 5.91 Å². The van der Waals surface area contributed by atoms with Gasteiger partial charge in [0.05, 0.1) is 5.92 Å². The van der Waals surface area contributed by atoms with Crippen LogP contribution in [0.5, 0.6) is 11.5 Å². The van der Waals surface area contributed by atoms with Gasteiger partial charge in [-0.25, -0.2) is 8.78 Å². The van der Waals surface area contributed by atoms with Gasteiger partial charge < -0.3 is 10.1 Å². The molecule has 2 aliphatic rings. The van der Waals surface area contributed by atoms with Crippen molar-refractivity contribution in [2.45, 2.75) is 32.1 Å². The second kappa shape index (κ2) is 9.85. The number of carbonyl (C=O) groups is 2. The van der Waals surface area contributed by atoms with Crippen LogP contribution in [0.15, 0.2) is 89.1 Å². The van der Waals surface area contributed by atoms with Crippen LogP contribution >= 0.6 is 0 Å². The van der Waals surface area contributed by atoms with Crippen LogP contribution in [0.4, 0.5) is 14.5 Å². The summed E-state index contributed by atoms with van der Waals surface area (Å²) in [6, 6.07) is 19.9. The van der Waals surface area contributed by atoms with Crippen molar-refractivity contribution in [2.24, 2.45) is 10.9 Å². The molecule has 0 saturated heterocycles. The van der Waals surface area contributed by atoms with E-state index in [0.717, 1.165) is 12.1 Å². The molecule has 3 aromatic carbocycles. The third-order valence-electron chi connectivity index (χ3n) is 6.52. The normalized spacial score (nSPS) is 19.4. The molecule has 1 aliphatic heterocycles. The Labute approximate surface area is 207 Å². The van der Waals surface area contributed by atoms with Crippen LogP contribution in [0.3, 0.4) is 0 Å². The largest absolute Gasteiger partial charge is 0.457 e. The summed E-state index contributed by atoms with van der Waals surface area (Å²) >= 11 is 0. The summed E-state index contributed by atoms with van der Waals surface area (Å²) in [5.74, 6) is -2.87. The number of halogens is 2. The average molecular weight is 487 g/mol. The number of anilines is 1. The number of amides is 1. The quantitative estimate of drug-likeness (QED) is 0.443. The Morgan fingerprint density at radius 1 is 0.944 bits per heavy atom. The molecule has 0 spiro atoms. The van der Waals surface area contributed by atoms with E-state index in [1.165, 1.54) is 6.07 Å². The first-order chi connectivity index (χ1) is 17.4. The van der Waals surface area contributed by atoms with Crippen LogP contribution in [-0.2, 0) is 9.59 Å². The highest BCUT2D eigenvalue weighted by Gasteiger charge is 2.42. The number of benzene rings is 3. The number of rotatable bonds is 5. The van der Waals surface area contributed by atoms with Crippen LogP contribution in [-0.4, -0.2) is 17.4 Å². The molecule has 0 saturated carbocycles. The summed E-state index contributed by atoms with van der Waals surface area (Å²) in [6.07, 6.45) is 1.68. The zero-order valence-corrected chi connectivity index (χ0v) is 19.6. The zero-order valence-electron chi connectivity index (χ0n) is 19.6. The Bertz CT molecular complexity index is 1380. The first kappa shape index (κ1) is 23.6. The Morgan fingerprint density at radius 2 is 1.64 bits per heavy atom. The standard InChI is InChI=1S/C29H24F2N2O3/c1-17-25(29(35)33-28-21(30)12-6-13-22(28)31)26(27-23(32-17)14-7-15-24(27)34)18-8-5-11-20(16-18)36-19-9-3-2-4-10-19/h2-6,8-13,16,25-26H,7,14-15H2,1H3,(H,33,35)/t25?,26-/m0/s1. The molecule has 0 aromatic heterocycles. The van der Waals surface area contributed by atoms with Gasteiger partial charge in [-0.3, -0.25) is 14.6 Å². The summed E-state index contributed by atoms with van der Waals surface area (Å²) in [7, 11) is 0. The Balaban J connectivity index is 1.56. The summed E-state index contributed by atoms with van der Waals surface area (Å²) in [5.41, 5.74) is 1.80. The third kappa shape index (κ3) is 4.56. The highest BCUT2D eigenvalue weighted by molar-refractivity contribution is 6.13. The van der Waals surface area contributed by atoms with Crippen molar-refractivity contribution in [3.63, 3.8) is 0 Å². The summed E-state index contributed by atoms with van der Waals surface area (Å²) in [4.78, 5) is 31.3. The van der Waals surface area contributed by atoms with Gasteiger partial charge in [0.15, 0.2) is 5.78 Å². The molecule has 0 bridgehead atoms. The molecule has 1 N–H and O–H groups in total. The first-order valence-corrected chi connectivity index (χ1v) is 11.8. The van der Waals surface area contributed by atoms with Crippen molar-refractivity contribution in [3.8, 4) is 11.5 Å². The molecule has 182 valence electrons. The lowest BCUT2D eigenvalue weighted by Crippen LogP contribution is -2.39. The minimum atomic E-state index is -0.934. The van der Waals surface area contributed by atoms with E-state index in [0.29, 0.717) is 53.3 Å². The van der Waals surface area contributed by atoms with E-state index in [1.807, 2.05) is 36.4 Å². The average Bonchev–Trinajstić information content (AvgIpc) is 2.86. The molecule has 1 heterocycles. The van der Waals surface area contributed by atoms with Crippen molar-refractivity contribution < 1.29 is 23.1 Å². The predicted octanol–water partition coefficient (Wildman–Crippen LogP) is 6.58. The third-order valence-corrected chi connectivity index (χ3v) is 6.52. The van der Waals surface area contributed by atoms with Gasteiger partial charge in [-0.15, -0.1) is 0 Å². The zero-order chi connectivity index (χ0) is 25.2. The van der Waals surface area contributed by atoms with Crippen LogP contribution in [0.25, 0.3) is 0 Å². The molecule has 5 nitrogen and oxygen atoms in total. The molecule has 36 heavy (non-hydrogen) atoms. The number of nitrogens with one attached hydrogen (secondary N) is 1. The maximum Gasteiger partial charge on any atom is 0.234 e. The van der Waals surface area contributed by atoms with Crippen LogP contribution in [0, 0.1) is 17.6 Å². The van der Waals surface area contributed by atoms with Crippen LogP contribution in [0.1, 0.15) is 37.7 Å². The van der Waals surface area contributed by atoms with Gasteiger partial charge in [0, 0.05) is 29.3 Å². The minimum absolute atomic E-state index is 0.0678. The molecule has 1 aliphatic carbocycles. The number of allylic oxidation sites excluding steroid dienone is 2. The van der Waals surface area contributed by atoms with Gasteiger partial charge in [-0.1, -0.05) is 36.4 Å². The van der Waals surface area contributed by atoms with Crippen molar-refractivity contribution in [1.82, 2.24) is 0 Å². The molecule has 7 heteroatoms. The van der Waals surface area contributed by atoms with E-state index in [1.54, 1.807) is 25.1 Å². The summed E-state index contributed by atoms with van der Waals surface area (Å²) < 4.78 is 34.6. The monoisotopic (exact) mass is 486 g/mol. The molecular formula is C29H24F2N2O3. The molecule has 1 amide bonds. The number of ether oxygens (including phenoxy) is 1. The molecule has 0 fully saturated rings. The second-order valence-corrected chi connectivity index (χ2v) is 8.92. The number of hydrogen-bond acceptors (Lipinski definition) is 4. The van der Waals surface area contributed by atoms with E-state index in [9.17, 15) is 18.4 Å². The lowest BCUT2D eigenvalue weighted by atomic mass is 9.71. The first-order valence-electron chi connectivity index (χ1n) is 11.8. The SMILES string of the molecule is CC1=NC2=C(C(=O)CCC2)[C@@H](c2cccc(Oc3ccccc3)c2)C1C(=O)Nc1c(F)cccc1F. The van der Waals surface area contributed by atoms with Crippen molar-refractivity contribution >= 4 is 23.1 Å². The molecule has 5 rings (SSSR count). The smallest absolute Gasteiger partial charge is 0.234 e. The molecule has 1 unspecified atom stereocenters. The fourth-order valence-electron chi connectivity index (χ4n) is 4.92. The molecular weight excluding hydrogens is 462 g/mol. The number of Topliss-reactive ketones (excluding diaryl/α,β-unsaturated/α-hetero) is 1. The van der Waals surface area contributed by atoms with E-state index >= 15 is 0 Å². The van der Waals surface area contributed by atoms with Crippen molar-refractivity contribution in [2.75, 3.05) is 5.32 Å².